The largest absolute Gasteiger partial charge is 0.360 e. The van der Waals surface area contributed by atoms with Gasteiger partial charge in [-0.25, -0.2) is 0 Å². The fourth-order valence-corrected chi connectivity index (χ4v) is 7.91. The van der Waals surface area contributed by atoms with E-state index in [9.17, 15) is 13.2 Å². The van der Waals surface area contributed by atoms with Crippen LogP contribution in [0.1, 0.15) is 99.7 Å². The molecule has 2 aliphatic carbocycles. The van der Waals surface area contributed by atoms with Crippen LogP contribution in [0.15, 0.2) is 10.6 Å². The average molecular weight is 450 g/mol. The Hall–Kier alpha value is -1.25. The second kappa shape index (κ2) is 8.27. The minimum absolute atomic E-state index is 0.0158. The van der Waals surface area contributed by atoms with E-state index in [1.807, 2.05) is 6.92 Å². The molecule has 2 aliphatic heterocycles. The molecule has 2 saturated carbocycles. The van der Waals surface area contributed by atoms with Gasteiger partial charge < -0.3 is 4.52 Å². The van der Waals surface area contributed by atoms with Crippen molar-refractivity contribution in [3.05, 3.63) is 17.5 Å². The average Bonchev–Trinajstić information content (AvgIpc) is 3.29. The summed E-state index contributed by atoms with van der Waals surface area (Å²) in [6.07, 6.45) is 11.2. The fraction of sp³-hybridized carbons (Fsp3) is 0.826. The smallest absolute Gasteiger partial charge is 0.282 e. The Bertz CT molecular complexity index is 907. The van der Waals surface area contributed by atoms with E-state index >= 15 is 0 Å². The van der Waals surface area contributed by atoms with Crippen LogP contribution in [0.3, 0.4) is 0 Å². The second-order valence-corrected chi connectivity index (χ2v) is 12.4. The molecule has 2 saturated heterocycles. The summed E-state index contributed by atoms with van der Waals surface area (Å²) in [6.45, 7) is 3.79. The molecule has 0 N–H and O–H groups in total. The topological polar surface area (TPSA) is 83.7 Å². The first-order valence-corrected chi connectivity index (χ1v) is 13.5. The first-order chi connectivity index (χ1) is 14.9. The van der Waals surface area contributed by atoms with Gasteiger partial charge in [0.2, 0.25) is 0 Å². The zero-order valence-electron chi connectivity index (χ0n) is 18.6. The molecule has 0 radical (unpaired) electrons. The van der Waals surface area contributed by atoms with Gasteiger partial charge in [-0.15, -0.1) is 0 Å². The second-order valence-electron chi connectivity index (χ2n) is 10.5. The van der Waals surface area contributed by atoms with Crippen molar-refractivity contribution < 1.29 is 17.7 Å². The van der Waals surface area contributed by atoms with Gasteiger partial charge in [-0.3, -0.25) is 4.79 Å². The maximum atomic E-state index is 13.3. The summed E-state index contributed by atoms with van der Waals surface area (Å²) in [5.41, 5.74) is 0.838. The molecule has 1 aromatic rings. The summed E-state index contributed by atoms with van der Waals surface area (Å²) in [5.74, 6) is 1.49. The predicted octanol–water partition coefficient (Wildman–Crippen LogP) is 4.13. The van der Waals surface area contributed by atoms with Crippen LogP contribution in [0.5, 0.6) is 0 Å². The molecule has 0 unspecified atom stereocenters. The van der Waals surface area contributed by atoms with Gasteiger partial charge in [0.15, 0.2) is 5.78 Å². The maximum absolute atomic E-state index is 13.3. The lowest BCUT2D eigenvalue weighted by molar-refractivity contribution is 0.0919. The quantitative estimate of drug-likeness (QED) is 0.610. The zero-order chi connectivity index (χ0) is 21.6. The molecule has 1 aromatic heterocycles. The zero-order valence-corrected chi connectivity index (χ0v) is 19.4. The summed E-state index contributed by atoms with van der Waals surface area (Å²) in [6, 6.07) is 1.72. The molecule has 7 nitrogen and oxygen atoms in total. The molecule has 2 atom stereocenters. The highest BCUT2D eigenvalue weighted by molar-refractivity contribution is 7.86. The number of aromatic nitrogens is 1. The van der Waals surface area contributed by atoms with Gasteiger partial charge >= 0.3 is 0 Å². The van der Waals surface area contributed by atoms with E-state index in [1.165, 1.54) is 25.7 Å². The van der Waals surface area contributed by atoms with E-state index in [4.69, 9.17) is 4.52 Å². The van der Waals surface area contributed by atoms with Crippen LogP contribution in [-0.4, -0.2) is 53.6 Å². The van der Waals surface area contributed by atoms with Crippen LogP contribution >= 0.6 is 0 Å². The molecule has 8 heteroatoms. The summed E-state index contributed by atoms with van der Waals surface area (Å²) >= 11 is 0. The van der Waals surface area contributed by atoms with E-state index in [-0.39, 0.29) is 17.7 Å². The van der Waals surface area contributed by atoms with E-state index in [0.29, 0.717) is 43.1 Å². The monoisotopic (exact) mass is 449 g/mol. The number of carbonyl (C=O) groups is 1. The standard InChI is InChI=1S/C23H35N3O4S/c1-17-14-18(15-21(27)20-16-22(30-24-20)19-4-5-19)6-11-26(17)31(28,29)25-12-9-23(10-13-25)7-2-3-8-23/h16-19H,2-15H2,1H3/t17-,18-/m0/s1. The Morgan fingerprint density at radius 3 is 2.48 bits per heavy atom. The molecular formula is C23H35N3O4S. The molecule has 172 valence electrons. The first kappa shape index (κ1) is 21.6. The summed E-state index contributed by atoms with van der Waals surface area (Å²) in [4.78, 5) is 12.7. The molecular weight excluding hydrogens is 414 g/mol. The van der Waals surface area contributed by atoms with Crippen LogP contribution in [0.25, 0.3) is 0 Å². The number of Topliss-reactive ketones (excluding diaryl/α,β-unsaturated/α-hetero) is 1. The van der Waals surface area contributed by atoms with Crippen LogP contribution in [0, 0.1) is 11.3 Å². The number of rotatable bonds is 6. The minimum Gasteiger partial charge on any atom is -0.360 e. The molecule has 5 rings (SSSR count). The van der Waals surface area contributed by atoms with Crippen LogP contribution in [-0.2, 0) is 10.2 Å². The number of nitrogens with zero attached hydrogens (tertiary/aromatic N) is 3. The van der Waals surface area contributed by atoms with Crippen LogP contribution in [0.2, 0.25) is 0 Å². The Morgan fingerprint density at radius 2 is 1.84 bits per heavy atom. The summed E-state index contributed by atoms with van der Waals surface area (Å²) < 4.78 is 35.4. The summed E-state index contributed by atoms with van der Waals surface area (Å²) in [7, 11) is -3.43. The Morgan fingerprint density at radius 1 is 1.13 bits per heavy atom. The lowest BCUT2D eigenvalue weighted by Gasteiger charge is -2.43. The van der Waals surface area contributed by atoms with Crippen molar-refractivity contribution >= 4 is 16.0 Å². The molecule has 0 amide bonds. The van der Waals surface area contributed by atoms with Crippen molar-refractivity contribution in [3.8, 4) is 0 Å². The molecule has 4 fully saturated rings. The lowest BCUT2D eigenvalue weighted by atomic mass is 9.78. The van der Waals surface area contributed by atoms with Crippen molar-refractivity contribution in [2.24, 2.45) is 11.3 Å². The highest BCUT2D eigenvalue weighted by Crippen LogP contribution is 2.47. The van der Waals surface area contributed by atoms with Gasteiger partial charge in [0.1, 0.15) is 11.5 Å². The molecule has 1 spiro atoms. The predicted molar refractivity (Wildman–Crippen MR) is 117 cm³/mol. The first-order valence-electron chi connectivity index (χ1n) is 12.1. The van der Waals surface area contributed by atoms with Crippen LogP contribution < -0.4 is 0 Å². The third-order valence-electron chi connectivity index (χ3n) is 8.26. The molecule has 0 bridgehead atoms. The number of piperidine rings is 2. The van der Waals surface area contributed by atoms with E-state index in [0.717, 1.165) is 44.3 Å². The van der Waals surface area contributed by atoms with Gasteiger partial charge in [0.05, 0.1) is 0 Å². The third-order valence-corrected chi connectivity index (χ3v) is 10.4. The highest BCUT2D eigenvalue weighted by atomic mass is 32.2. The van der Waals surface area contributed by atoms with Gasteiger partial charge in [-0.2, -0.15) is 17.0 Å². The van der Waals surface area contributed by atoms with Crippen molar-refractivity contribution in [1.29, 1.82) is 0 Å². The van der Waals surface area contributed by atoms with E-state index in [1.54, 1.807) is 14.7 Å². The Balaban J connectivity index is 1.16. The van der Waals surface area contributed by atoms with Crippen molar-refractivity contribution in [2.45, 2.75) is 89.5 Å². The van der Waals surface area contributed by atoms with Gasteiger partial charge in [-0.1, -0.05) is 18.0 Å². The van der Waals surface area contributed by atoms with Gasteiger partial charge in [-0.05, 0) is 69.6 Å². The Labute approximate surface area is 185 Å². The summed E-state index contributed by atoms with van der Waals surface area (Å²) in [5, 5.41) is 3.97. The molecule has 0 aromatic carbocycles. The SMILES string of the molecule is C[C@H]1C[C@@H](CC(=O)c2cc(C3CC3)on2)CCN1S(=O)(=O)N1CCC2(CCCC2)CC1. The number of hydrogen-bond acceptors (Lipinski definition) is 5. The maximum Gasteiger partial charge on any atom is 0.282 e. The van der Waals surface area contributed by atoms with Gasteiger partial charge in [0.25, 0.3) is 10.2 Å². The van der Waals surface area contributed by atoms with Crippen LogP contribution in [0.4, 0.5) is 0 Å². The van der Waals surface area contributed by atoms with Crippen molar-refractivity contribution in [2.75, 3.05) is 19.6 Å². The molecule has 31 heavy (non-hydrogen) atoms. The molecule has 3 heterocycles. The molecule has 4 aliphatic rings. The number of carbonyl (C=O) groups excluding carboxylic acids is 1. The normalized spacial score (nSPS) is 30.1. The van der Waals surface area contributed by atoms with Crippen molar-refractivity contribution in [1.82, 2.24) is 13.8 Å². The third kappa shape index (κ3) is 4.35. The number of ketones is 1. The number of hydrogen-bond donors (Lipinski definition) is 0. The van der Waals surface area contributed by atoms with Crippen molar-refractivity contribution in [3.63, 3.8) is 0 Å². The Kier molecular flexibility index (Phi) is 5.76. The minimum atomic E-state index is -3.43. The highest BCUT2D eigenvalue weighted by Gasteiger charge is 2.43. The fourth-order valence-electron chi connectivity index (χ4n) is 6.09. The van der Waals surface area contributed by atoms with Gasteiger partial charge in [0, 0.05) is 44.1 Å². The van der Waals surface area contributed by atoms with E-state index in [2.05, 4.69) is 5.16 Å². The van der Waals surface area contributed by atoms with E-state index < -0.39 is 10.2 Å². The lowest BCUT2D eigenvalue weighted by Crippen LogP contribution is -2.53.